The summed E-state index contributed by atoms with van der Waals surface area (Å²) in [6.45, 7) is 0.109. The molecule has 4 nitrogen and oxygen atoms in total. The van der Waals surface area contributed by atoms with Crippen molar-refractivity contribution in [1.29, 1.82) is 0 Å². The number of halogens is 3. The zero-order valence-corrected chi connectivity index (χ0v) is 11.8. The van der Waals surface area contributed by atoms with E-state index in [1.807, 2.05) is 0 Å². The molecule has 0 aromatic heterocycles. The van der Waals surface area contributed by atoms with Crippen LogP contribution in [0.5, 0.6) is 0 Å². The van der Waals surface area contributed by atoms with Crippen molar-refractivity contribution in [2.75, 3.05) is 0 Å². The molecule has 1 rings (SSSR count). The van der Waals surface area contributed by atoms with Gasteiger partial charge in [0.15, 0.2) is 0 Å². The predicted molar refractivity (Wildman–Crippen MR) is 71.7 cm³/mol. The van der Waals surface area contributed by atoms with Gasteiger partial charge in [0.2, 0.25) is 5.91 Å². The van der Waals surface area contributed by atoms with E-state index in [0.717, 1.165) is 0 Å². The van der Waals surface area contributed by atoms with E-state index in [4.69, 9.17) is 5.11 Å². The fourth-order valence-electron chi connectivity index (χ4n) is 1.54. The molecule has 0 spiro atoms. The van der Waals surface area contributed by atoms with Crippen LogP contribution in [-0.2, 0) is 16.1 Å². The van der Waals surface area contributed by atoms with Gasteiger partial charge in [0, 0.05) is 24.3 Å². The Bertz CT molecular complexity index is 506. The Balaban J connectivity index is 2.43. The number of aliphatic carboxylic acids is 1. The molecule has 116 valence electrons. The monoisotopic (exact) mass is 321 g/mol. The average Bonchev–Trinajstić information content (AvgIpc) is 2.34. The normalized spacial score (nSPS) is 11.2. The summed E-state index contributed by atoms with van der Waals surface area (Å²) in [4.78, 5) is 21.8. The SMILES string of the molecule is O=C(O)CCCC(=O)NCc1cccc(SC(F)(F)F)c1. The number of carboxylic acids is 1. The van der Waals surface area contributed by atoms with Gasteiger partial charge in [-0.05, 0) is 35.9 Å². The summed E-state index contributed by atoms with van der Waals surface area (Å²) in [5.41, 5.74) is -3.80. The molecule has 0 bridgehead atoms. The van der Waals surface area contributed by atoms with Crippen LogP contribution in [0.2, 0.25) is 0 Å². The summed E-state index contributed by atoms with van der Waals surface area (Å²) in [7, 11) is 0. The predicted octanol–water partition coefficient (Wildman–Crippen LogP) is 3.17. The molecule has 1 aromatic carbocycles. The number of carbonyl (C=O) groups is 2. The molecule has 0 saturated heterocycles. The molecule has 0 aliphatic carbocycles. The van der Waals surface area contributed by atoms with Gasteiger partial charge in [-0.15, -0.1) is 0 Å². The lowest BCUT2D eigenvalue weighted by Gasteiger charge is -2.08. The van der Waals surface area contributed by atoms with E-state index in [-0.39, 0.29) is 48.4 Å². The van der Waals surface area contributed by atoms with E-state index >= 15 is 0 Å². The van der Waals surface area contributed by atoms with Crippen molar-refractivity contribution in [3.05, 3.63) is 29.8 Å². The molecule has 0 aliphatic heterocycles. The van der Waals surface area contributed by atoms with E-state index < -0.39 is 11.5 Å². The van der Waals surface area contributed by atoms with Crippen LogP contribution in [-0.4, -0.2) is 22.5 Å². The molecule has 0 saturated carbocycles. The quantitative estimate of drug-likeness (QED) is 0.757. The van der Waals surface area contributed by atoms with E-state index in [1.54, 1.807) is 6.07 Å². The average molecular weight is 321 g/mol. The van der Waals surface area contributed by atoms with Gasteiger partial charge in [0.05, 0.1) is 0 Å². The van der Waals surface area contributed by atoms with E-state index in [1.165, 1.54) is 18.2 Å². The second kappa shape index (κ2) is 7.92. The van der Waals surface area contributed by atoms with E-state index in [2.05, 4.69) is 5.32 Å². The summed E-state index contributed by atoms with van der Waals surface area (Å²) >= 11 is -0.212. The zero-order valence-electron chi connectivity index (χ0n) is 10.9. The molecule has 0 atom stereocenters. The van der Waals surface area contributed by atoms with Gasteiger partial charge in [-0.3, -0.25) is 9.59 Å². The van der Waals surface area contributed by atoms with Crippen LogP contribution < -0.4 is 5.32 Å². The van der Waals surface area contributed by atoms with Gasteiger partial charge < -0.3 is 10.4 Å². The lowest BCUT2D eigenvalue weighted by molar-refractivity contribution is -0.137. The minimum Gasteiger partial charge on any atom is -0.481 e. The van der Waals surface area contributed by atoms with Crippen LogP contribution in [0.3, 0.4) is 0 Å². The molecule has 8 heteroatoms. The molecule has 0 heterocycles. The van der Waals surface area contributed by atoms with Crippen molar-refractivity contribution in [2.45, 2.75) is 36.2 Å². The van der Waals surface area contributed by atoms with Crippen molar-refractivity contribution in [3.63, 3.8) is 0 Å². The molecule has 0 radical (unpaired) electrons. The first-order valence-electron chi connectivity index (χ1n) is 6.09. The van der Waals surface area contributed by atoms with Crippen LogP contribution in [0.15, 0.2) is 29.2 Å². The number of carboxylic acid groups (broad SMARTS) is 1. The number of nitrogens with one attached hydrogen (secondary N) is 1. The van der Waals surface area contributed by atoms with Gasteiger partial charge >= 0.3 is 11.5 Å². The number of hydrogen-bond donors (Lipinski definition) is 2. The van der Waals surface area contributed by atoms with Crippen LogP contribution in [0.25, 0.3) is 0 Å². The summed E-state index contributed by atoms with van der Waals surface area (Å²) in [6.07, 6.45) is 0.208. The van der Waals surface area contributed by atoms with Crippen molar-refractivity contribution >= 4 is 23.6 Å². The highest BCUT2D eigenvalue weighted by Gasteiger charge is 2.29. The Morgan fingerprint density at radius 2 is 1.95 bits per heavy atom. The lowest BCUT2D eigenvalue weighted by Crippen LogP contribution is -2.22. The molecule has 0 aliphatic rings. The molecular weight excluding hydrogens is 307 g/mol. The summed E-state index contributed by atoms with van der Waals surface area (Å²) in [6, 6.07) is 5.80. The fraction of sp³-hybridized carbons (Fsp3) is 0.385. The Hall–Kier alpha value is -1.70. The highest BCUT2D eigenvalue weighted by Crippen LogP contribution is 2.36. The minimum absolute atomic E-state index is 0.0557. The molecule has 1 amide bonds. The van der Waals surface area contributed by atoms with Gasteiger partial charge in [0.25, 0.3) is 0 Å². The molecule has 21 heavy (non-hydrogen) atoms. The standard InChI is InChI=1S/C13H14F3NO3S/c14-13(15,16)21-10-4-1-3-9(7-10)8-17-11(18)5-2-6-12(19)20/h1,3-4,7H,2,5-6,8H2,(H,17,18)(H,19,20). The van der Waals surface area contributed by atoms with Crippen molar-refractivity contribution in [1.82, 2.24) is 5.32 Å². The maximum atomic E-state index is 12.2. The fourth-order valence-corrected chi connectivity index (χ4v) is 2.17. The molecule has 1 aromatic rings. The maximum absolute atomic E-state index is 12.2. The van der Waals surface area contributed by atoms with E-state index in [0.29, 0.717) is 5.56 Å². The zero-order chi connectivity index (χ0) is 15.9. The Kier molecular flexibility index (Phi) is 6.54. The summed E-state index contributed by atoms with van der Waals surface area (Å²) in [5, 5.41) is 11.0. The number of thioether (sulfide) groups is 1. The van der Waals surface area contributed by atoms with Crippen molar-refractivity contribution in [2.24, 2.45) is 0 Å². The second-order valence-corrected chi connectivity index (χ2v) is 5.36. The number of benzene rings is 1. The molecule has 2 N–H and O–H groups in total. The Morgan fingerprint density at radius 1 is 1.24 bits per heavy atom. The highest BCUT2D eigenvalue weighted by molar-refractivity contribution is 8.00. The van der Waals surface area contributed by atoms with Crippen LogP contribution >= 0.6 is 11.8 Å². The largest absolute Gasteiger partial charge is 0.481 e. The first-order valence-corrected chi connectivity index (χ1v) is 6.91. The van der Waals surface area contributed by atoms with Gasteiger partial charge in [-0.2, -0.15) is 13.2 Å². The third kappa shape index (κ3) is 8.23. The Morgan fingerprint density at radius 3 is 2.57 bits per heavy atom. The highest BCUT2D eigenvalue weighted by atomic mass is 32.2. The molecule has 0 fully saturated rings. The topological polar surface area (TPSA) is 66.4 Å². The van der Waals surface area contributed by atoms with Crippen LogP contribution in [0.1, 0.15) is 24.8 Å². The third-order valence-corrected chi connectivity index (χ3v) is 3.14. The Labute approximate surface area is 123 Å². The first kappa shape index (κ1) is 17.4. The molecule has 0 unspecified atom stereocenters. The van der Waals surface area contributed by atoms with Crippen molar-refractivity contribution in [3.8, 4) is 0 Å². The third-order valence-electron chi connectivity index (χ3n) is 2.42. The lowest BCUT2D eigenvalue weighted by atomic mass is 10.2. The van der Waals surface area contributed by atoms with Crippen LogP contribution in [0.4, 0.5) is 13.2 Å². The number of rotatable bonds is 7. The number of amides is 1. The van der Waals surface area contributed by atoms with Crippen LogP contribution in [0, 0.1) is 0 Å². The number of alkyl halides is 3. The van der Waals surface area contributed by atoms with Crippen molar-refractivity contribution < 1.29 is 27.9 Å². The smallest absolute Gasteiger partial charge is 0.446 e. The summed E-state index contributed by atoms with van der Waals surface area (Å²) < 4.78 is 36.7. The first-order chi connectivity index (χ1) is 9.76. The van der Waals surface area contributed by atoms with Gasteiger partial charge in [0.1, 0.15) is 0 Å². The van der Waals surface area contributed by atoms with Gasteiger partial charge in [-0.1, -0.05) is 12.1 Å². The van der Waals surface area contributed by atoms with Gasteiger partial charge in [-0.25, -0.2) is 0 Å². The summed E-state index contributed by atoms with van der Waals surface area (Å²) in [5.74, 6) is -1.30. The van der Waals surface area contributed by atoms with E-state index in [9.17, 15) is 22.8 Å². The second-order valence-electron chi connectivity index (χ2n) is 4.22. The number of hydrogen-bond acceptors (Lipinski definition) is 3. The number of carbonyl (C=O) groups excluding carboxylic acids is 1. The maximum Gasteiger partial charge on any atom is 0.446 e. The minimum atomic E-state index is -4.35. The molecular formula is C13H14F3NO3S.